The second-order valence-electron chi connectivity index (χ2n) is 3.92. The minimum atomic E-state index is -0.253. The summed E-state index contributed by atoms with van der Waals surface area (Å²) in [5.41, 5.74) is 6.45. The predicted octanol–water partition coefficient (Wildman–Crippen LogP) is 0.843. The minimum Gasteiger partial charge on any atom is -0.493 e. The van der Waals surface area contributed by atoms with Crippen molar-refractivity contribution in [1.82, 2.24) is 5.32 Å². The first-order valence-electron chi connectivity index (χ1n) is 6.11. The van der Waals surface area contributed by atoms with Gasteiger partial charge >= 0.3 is 0 Å². The number of nitrogens with two attached hydrogens (primary N) is 1. The number of ether oxygens (including phenoxy) is 3. The predicted molar refractivity (Wildman–Crippen MR) is 76.1 cm³/mol. The highest BCUT2D eigenvalue weighted by atomic mass is 16.5. The van der Waals surface area contributed by atoms with E-state index in [0.717, 1.165) is 5.56 Å². The van der Waals surface area contributed by atoms with Gasteiger partial charge in [-0.05, 0) is 17.7 Å². The quantitative estimate of drug-likeness (QED) is 0.690. The average molecular weight is 280 g/mol. The summed E-state index contributed by atoms with van der Waals surface area (Å²) in [6, 6.07) is 3.50. The fourth-order valence-electron chi connectivity index (χ4n) is 1.57. The molecule has 1 rings (SSSR count). The van der Waals surface area contributed by atoms with E-state index >= 15 is 0 Å². The molecule has 0 radical (unpaired) electrons. The molecule has 20 heavy (non-hydrogen) atoms. The summed E-state index contributed by atoms with van der Waals surface area (Å²) >= 11 is 0. The molecule has 0 fully saturated rings. The monoisotopic (exact) mass is 280 g/mol. The number of carbonyl (C=O) groups excluding carboxylic acids is 1. The Balaban J connectivity index is 2.86. The van der Waals surface area contributed by atoms with Crippen LogP contribution in [0.2, 0.25) is 0 Å². The summed E-state index contributed by atoms with van der Waals surface area (Å²) < 4.78 is 15.9. The first-order chi connectivity index (χ1) is 9.65. The fraction of sp³-hybridized carbons (Fsp3) is 0.357. The van der Waals surface area contributed by atoms with Crippen LogP contribution in [0, 0.1) is 0 Å². The molecule has 0 aromatic heterocycles. The lowest BCUT2D eigenvalue weighted by molar-refractivity contribution is -0.122. The van der Waals surface area contributed by atoms with Gasteiger partial charge in [-0.15, -0.1) is 6.58 Å². The second kappa shape index (κ2) is 8.06. The van der Waals surface area contributed by atoms with Gasteiger partial charge in [0.15, 0.2) is 18.1 Å². The maximum atomic E-state index is 11.5. The number of nitrogens with one attached hydrogen (secondary N) is 1. The summed E-state index contributed by atoms with van der Waals surface area (Å²) in [6.45, 7) is 4.13. The van der Waals surface area contributed by atoms with Crippen molar-refractivity contribution in [2.45, 2.75) is 6.54 Å². The molecule has 0 aliphatic carbocycles. The first-order valence-corrected chi connectivity index (χ1v) is 6.11. The number of benzene rings is 1. The Kier molecular flexibility index (Phi) is 6.39. The summed E-state index contributed by atoms with van der Waals surface area (Å²) in [5.74, 6) is 1.07. The molecule has 110 valence electrons. The molecule has 6 nitrogen and oxygen atoms in total. The Labute approximate surface area is 118 Å². The first kappa shape index (κ1) is 15.8. The van der Waals surface area contributed by atoms with Gasteiger partial charge in [-0.25, -0.2) is 0 Å². The average Bonchev–Trinajstić information content (AvgIpc) is 2.49. The van der Waals surface area contributed by atoms with Crippen molar-refractivity contribution < 1.29 is 19.0 Å². The van der Waals surface area contributed by atoms with Crippen LogP contribution in [0.3, 0.4) is 0 Å². The summed E-state index contributed by atoms with van der Waals surface area (Å²) in [5, 5.41) is 2.62. The van der Waals surface area contributed by atoms with Crippen molar-refractivity contribution >= 4 is 5.91 Å². The molecular formula is C14H20N2O4. The molecule has 1 amide bonds. The highest BCUT2D eigenvalue weighted by Gasteiger charge is 2.15. The van der Waals surface area contributed by atoms with Crippen LogP contribution in [0.25, 0.3) is 0 Å². The van der Waals surface area contributed by atoms with Gasteiger partial charge in [0.05, 0.1) is 14.2 Å². The molecule has 6 heteroatoms. The molecule has 0 saturated carbocycles. The van der Waals surface area contributed by atoms with Crippen molar-refractivity contribution in [3.05, 3.63) is 30.4 Å². The van der Waals surface area contributed by atoms with Crippen LogP contribution < -0.4 is 25.3 Å². The van der Waals surface area contributed by atoms with Gasteiger partial charge in [0, 0.05) is 13.1 Å². The lowest BCUT2D eigenvalue weighted by Gasteiger charge is -2.15. The number of methoxy groups -OCH3 is 2. The maximum absolute atomic E-state index is 11.5. The van der Waals surface area contributed by atoms with Crippen LogP contribution in [0.1, 0.15) is 5.56 Å². The van der Waals surface area contributed by atoms with E-state index in [0.29, 0.717) is 30.3 Å². The molecule has 3 N–H and O–H groups in total. The lowest BCUT2D eigenvalue weighted by atomic mass is 10.2. The largest absolute Gasteiger partial charge is 0.493 e. The molecular weight excluding hydrogens is 260 g/mol. The maximum Gasteiger partial charge on any atom is 0.258 e. The standard InChI is InChI=1S/C14H20N2O4/c1-4-5-16-13(17)9-20-14-11(18-2)6-10(8-15)7-12(14)19-3/h4,6-7H,1,5,8-9,15H2,2-3H3,(H,16,17). The Morgan fingerprint density at radius 1 is 1.35 bits per heavy atom. The minimum absolute atomic E-state index is 0.136. The normalized spacial score (nSPS) is 9.75. The van der Waals surface area contributed by atoms with Crippen molar-refractivity contribution in [3.8, 4) is 17.2 Å². The highest BCUT2D eigenvalue weighted by molar-refractivity contribution is 5.77. The van der Waals surface area contributed by atoms with Crippen LogP contribution in [0.5, 0.6) is 17.2 Å². The van der Waals surface area contributed by atoms with Crippen molar-refractivity contribution in [1.29, 1.82) is 0 Å². The Morgan fingerprint density at radius 3 is 2.40 bits per heavy atom. The molecule has 1 aromatic carbocycles. The molecule has 0 bridgehead atoms. The van der Waals surface area contributed by atoms with Gasteiger partial charge in [-0.3, -0.25) is 4.79 Å². The van der Waals surface area contributed by atoms with Gasteiger partial charge in [0.1, 0.15) is 0 Å². The van der Waals surface area contributed by atoms with Gasteiger partial charge in [-0.2, -0.15) is 0 Å². The van der Waals surface area contributed by atoms with Crippen LogP contribution in [-0.2, 0) is 11.3 Å². The zero-order chi connectivity index (χ0) is 15.0. The molecule has 0 aliphatic heterocycles. The van der Waals surface area contributed by atoms with E-state index in [4.69, 9.17) is 19.9 Å². The van der Waals surface area contributed by atoms with E-state index in [9.17, 15) is 4.79 Å². The van der Waals surface area contributed by atoms with Gasteiger partial charge < -0.3 is 25.3 Å². The van der Waals surface area contributed by atoms with Crippen molar-refractivity contribution in [2.24, 2.45) is 5.73 Å². The Hall–Kier alpha value is -2.21. The number of amides is 1. The van der Waals surface area contributed by atoms with E-state index in [1.807, 2.05) is 0 Å². The molecule has 0 saturated heterocycles. The summed E-state index contributed by atoms with van der Waals surface area (Å²) in [4.78, 5) is 11.5. The SMILES string of the molecule is C=CCNC(=O)COc1c(OC)cc(CN)cc1OC. The zero-order valence-electron chi connectivity index (χ0n) is 11.8. The summed E-state index contributed by atoms with van der Waals surface area (Å²) in [6.07, 6.45) is 1.59. The zero-order valence-corrected chi connectivity index (χ0v) is 11.8. The van der Waals surface area contributed by atoms with Crippen molar-refractivity contribution in [3.63, 3.8) is 0 Å². The molecule has 0 heterocycles. The second-order valence-corrected chi connectivity index (χ2v) is 3.92. The molecule has 0 atom stereocenters. The van der Waals surface area contributed by atoms with Gasteiger partial charge in [0.2, 0.25) is 5.75 Å². The number of hydrogen-bond donors (Lipinski definition) is 2. The van der Waals surface area contributed by atoms with Crippen LogP contribution >= 0.6 is 0 Å². The van der Waals surface area contributed by atoms with Gasteiger partial charge in [0.25, 0.3) is 5.91 Å². The van der Waals surface area contributed by atoms with Crippen LogP contribution in [-0.4, -0.2) is 33.3 Å². The third-order valence-corrected chi connectivity index (χ3v) is 2.55. The third kappa shape index (κ3) is 4.17. The van der Waals surface area contributed by atoms with Gasteiger partial charge in [-0.1, -0.05) is 6.08 Å². The number of carbonyl (C=O) groups is 1. The fourth-order valence-corrected chi connectivity index (χ4v) is 1.57. The smallest absolute Gasteiger partial charge is 0.258 e. The molecule has 0 aliphatic rings. The van der Waals surface area contributed by atoms with E-state index in [1.54, 1.807) is 18.2 Å². The van der Waals surface area contributed by atoms with Crippen molar-refractivity contribution in [2.75, 3.05) is 27.4 Å². The Bertz CT molecular complexity index is 449. The van der Waals surface area contributed by atoms with E-state index in [2.05, 4.69) is 11.9 Å². The Morgan fingerprint density at radius 2 is 1.95 bits per heavy atom. The molecule has 0 spiro atoms. The van der Waals surface area contributed by atoms with E-state index in [1.165, 1.54) is 14.2 Å². The lowest BCUT2D eigenvalue weighted by Crippen LogP contribution is -2.28. The summed E-state index contributed by atoms with van der Waals surface area (Å²) in [7, 11) is 3.03. The third-order valence-electron chi connectivity index (χ3n) is 2.55. The highest BCUT2D eigenvalue weighted by Crippen LogP contribution is 2.38. The number of rotatable bonds is 8. The molecule has 0 unspecified atom stereocenters. The molecule has 1 aromatic rings. The number of hydrogen-bond acceptors (Lipinski definition) is 5. The van der Waals surface area contributed by atoms with E-state index in [-0.39, 0.29) is 12.5 Å². The van der Waals surface area contributed by atoms with E-state index < -0.39 is 0 Å². The topological polar surface area (TPSA) is 82.8 Å². The van der Waals surface area contributed by atoms with Crippen LogP contribution in [0.15, 0.2) is 24.8 Å². The van der Waals surface area contributed by atoms with Crippen LogP contribution in [0.4, 0.5) is 0 Å².